The number of rotatable bonds is 3. The molecule has 0 aliphatic heterocycles. The molecule has 0 heterocycles. The number of benzene rings is 1. The Morgan fingerprint density at radius 1 is 1.28 bits per heavy atom. The number of Topliss-reactive ketones (excluding diaryl/α,β-unsaturated/α-hetero) is 1. The van der Waals surface area contributed by atoms with Crippen LogP contribution in [-0.4, -0.2) is 11.3 Å². The van der Waals surface area contributed by atoms with Gasteiger partial charge in [-0.2, -0.15) is 0 Å². The zero-order valence-corrected chi connectivity index (χ0v) is 10.8. The number of ketones is 1. The third-order valence-electron chi connectivity index (χ3n) is 4.73. The number of nitrogens with two attached hydrogens (primary N) is 1. The molecule has 1 unspecified atom stereocenters. The van der Waals surface area contributed by atoms with Crippen molar-refractivity contribution in [1.82, 2.24) is 0 Å². The van der Waals surface area contributed by atoms with Gasteiger partial charge in [-0.1, -0.05) is 24.3 Å². The maximum absolute atomic E-state index is 12.3. The van der Waals surface area contributed by atoms with Crippen LogP contribution in [0.2, 0.25) is 0 Å². The molecule has 0 amide bonds. The molecule has 1 saturated carbocycles. The fourth-order valence-electron chi connectivity index (χ4n) is 3.33. The van der Waals surface area contributed by atoms with Gasteiger partial charge in [-0.15, -0.1) is 0 Å². The van der Waals surface area contributed by atoms with Gasteiger partial charge in [-0.05, 0) is 55.6 Å². The van der Waals surface area contributed by atoms with Crippen LogP contribution in [0, 0.1) is 0 Å². The zero-order valence-electron chi connectivity index (χ0n) is 10.8. The van der Waals surface area contributed by atoms with E-state index < -0.39 is 5.54 Å². The summed E-state index contributed by atoms with van der Waals surface area (Å²) in [5.74, 6) is 0.693. The molecule has 1 aromatic carbocycles. The van der Waals surface area contributed by atoms with E-state index in [-0.39, 0.29) is 5.78 Å². The number of carbonyl (C=O) groups is 1. The van der Waals surface area contributed by atoms with Crippen LogP contribution in [0.25, 0.3) is 0 Å². The summed E-state index contributed by atoms with van der Waals surface area (Å²) in [6.07, 6.45) is 7.04. The number of carbonyl (C=O) groups excluding carboxylic acids is 1. The number of aryl methyl sites for hydroxylation is 1. The molecular weight excluding hydrogens is 222 g/mol. The fraction of sp³-hybridized carbons (Fsp3) is 0.562. The average Bonchev–Trinajstić information content (AvgIpc) is 2.36. The highest BCUT2D eigenvalue weighted by Crippen LogP contribution is 2.38. The van der Waals surface area contributed by atoms with E-state index in [2.05, 4.69) is 24.3 Å². The molecule has 2 aliphatic rings. The van der Waals surface area contributed by atoms with Gasteiger partial charge in [-0.3, -0.25) is 4.79 Å². The number of hydrogen-bond donors (Lipinski definition) is 1. The van der Waals surface area contributed by atoms with E-state index in [1.54, 1.807) is 0 Å². The zero-order chi connectivity index (χ0) is 12.6. The minimum absolute atomic E-state index is 0.287. The second kappa shape index (κ2) is 4.51. The summed E-state index contributed by atoms with van der Waals surface area (Å²) >= 11 is 0. The summed E-state index contributed by atoms with van der Waals surface area (Å²) in [4.78, 5) is 12.3. The van der Waals surface area contributed by atoms with E-state index in [0.29, 0.717) is 12.3 Å². The largest absolute Gasteiger partial charge is 0.319 e. The first-order valence-electron chi connectivity index (χ1n) is 7.09. The maximum Gasteiger partial charge on any atom is 0.153 e. The normalized spacial score (nSPS) is 25.1. The lowest BCUT2D eigenvalue weighted by Crippen LogP contribution is -2.53. The summed E-state index contributed by atoms with van der Waals surface area (Å²) in [5.41, 5.74) is 8.47. The minimum atomic E-state index is -0.480. The van der Waals surface area contributed by atoms with Gasteiger partial charge in [0.05, 0.1) is 5.54 Å². The number of fused-ring (bicyclic) bond motifs is 1. The van der Waals surface area contributed by atoms with Crippen molar-refractivity contribution < 1.29 is 4.79 Å². The Morgan fingerprint density at radius 2 is 2.06 bits per heavy atom. The topological polar surface area (TPSA) is 43.1 Å². The number of hydrogen-bond acceptors (Lipinski definition) is 2. The van der Waals surface area contributed by atoms with Crippen LogP contribution in [0.4, 0.5) is 0 Å². The molecule has 2 N–H and O–H groups in total. The molecule has 3 rings (SSSR count). The van der Waals surface area contributed by atoms with Gasteiger partial charge >= 0.3 is 0 Å². The highest BCUT2D eigenvalue weighted by Gasteiger charge is 2.40. The molecule has 0 aromatic heterocycles. The Balaban J connectivity index is 1.76. The van der Waals surface area contributed by atoms with Crippen LogP contribution >= 0.6 is 0 Å². The smallest absolute Gasteiger partial charge is 0.153 e. The lowest BCUT2D eigenvalue weighted by molar-refractivity contribution is -0.127. The molecule has 1 fully saturated rings. The molecule has 96 valence electrons. The molecule has 2 aliphatic carbocycles. The lowest BCUT2D eigenvalue weighted by atomic mass is 9.70. The second-order valence-corrected chi connectivity index (χ2v) is 5.92. The molecule has 0 saturated heterocycles. The standard InChI is InChI=1S/C16H21NO/c17-16(9-4-10-16)15(18)11-13-7-3-6-12-5-1-2-8-14(12)13/h1-2,5,8,13H,3-4,6-7,9-11,17H2. The van der Waals surface area contributed by atoms with E-state index >= 15 is 0 Å². The van der Waals surface area contributed by atoms with Gasteiger partial charge in [0.2, 0.25) is 0 Å². The van der Waals surface area contributed by atoms with Crippen molar-refractivity contribution in [2.75, 3.05) is 0 Å². The highest BCUT2D eigenvalue weighted by atomic mass is 16.1. The molecule has 0 bridgehead atoms. The first-order valence-corrected chi connectivity index (χ1v) is 7.09. The second-order valence-electron chi connectivity index (χ2n) is 5.92. The quantitative estimate of drug-likeness (QED) is 0.887. The molecule has 0 spiro atoms. The third kappa shape index (κ3) is 1.99. The summed E-state index contributed by atoms with van der Waals surface area (Å²) < 4.78 is 0. The minimum Gasteiger partial charge on any atom is -0.319 e. The summed E-state index contributed by atoms with van der Waals surface area (Å²) in [6, 6.07) is 8.58. The predicted octanol–water partition coefficient (Wildman–Crippen LogP) is 2.95. The molecule has 1 aromatic rings. The Kier molecular flexibility index (Phi) is 2.98. The van der Waals surface area contributed by atoms with Crippen molar-refractivity contribution >= 4 is 5.78 Å². The van der Waals surface area contributed by atoms with Gasteiger partial charge < -0.3 is 5.73 Å². The van der Waals surface area contributed by atoms with Crippen LogP contribution in [0.5, 0.6) is 0 Å². The predicted molar refractivity (Wildman–Crippen MR) is 72.5 cm³/mol. The highest BCUT2D eigenvalue weighted by molar-refractivity contribution is 5.89. The Labute approximate surface area is 109 Å². The molecule has 0 radical (unpaired) electrons. The monoisotopic (exact) mass is 243 g/mol. The molecule has 1 atom stereocenters. The van der Waals surface area contributed by atoms with Crippen LogP contribution in [-0.2, 0) is 11.2 Å². The molecule has 18 heavy (non-hydrogen) atoms. The van der Waals surface area contributed by atoms with Gasteiger partial charge in [0.15, 0.2) is 5.78 Å². The Hall–Kier alpha value is -1.15. The van der Waals surface area contributed by atoms with E-state index in [0.717, 1.165) is 32.1 Å². The SMILES string of the molecule is NC1(C(=O)CC2CCCc3ccccc32)CCC1. The van der Waals surface area contributed by atoms with Crippen LogP contribution in [0.3, 0.4) is 0 Å². The maximum atomic E-state index is 12.3. The Morgan fingerprint density at radius 3 is 2.78 bits per heavy atom. The van der Waals surface area contributed by atoms with Crippen molar-refractivity contribution in [3.8, 4) is 0 Å². The van der Waals surface area contributed by atoms with Gasteiger partial charge in [0.25, 0.3) is 0 Å². The van der Waals surface area contributed by atoms with Crippen molar-refractivity contribution in [3.63, 3.8) is 0 Å². The van der Waals surface area contributed by atoms with Gasteiger partial charge in [-0.25, -0.2) is 0 Å². The van der Waals surface area contributed by atoms with Crippen LogP contribution < -0.4 is 5.73 Å². The van der Waals surface area contributed by atoms with Crippen molar-refractivity contribution in [2.45, 2.75) is 56.4 Å². The van der Waals surface area contributed by atoms with Crippen LogP contribution in [0.1, 0.15) is 55.6 Å². The summed E-state index contributed by atoms with van der Waals surface area (Å²) in [5, 5.41) is 0. The van der Waals surface area contributed by atoms with Crippen molar-refractivity contribution in [3.05, 3.63) is 35.4 Å². The van der Waals surface area contributed by atoms with E-state index in [9.17, 15) is 4.79 Å². The van der Waals surface area contributed by atoms with Crippen molar-refractivity contribution in [2.24, 2.45) is 5.73 Å². The van der Waals surface area contributed by atoms with E-state index in [1.807, 2.05) is 0 Å². The Bertz CT molecular complexity index is 462. The molecule has 2 heteroatoms. The van der Waals surface area contributed by atoms with Gasteiger partial charge in [0, 0.05) is 6.42 Å². The van der Waals surface area contributed by atoms with E-state index in [1.165, 1.54) is 17.5 Å². The third-order valence-corrected chi connectivity index (χ3v) is 4.73. The van der Waals surface area contributed by atoms with E-state index in [4.69, 9.17) is 5.73 Å². The summed E-state index contributed by atoms with van der Waals surface area (Å²) in [6.45, 7) is 0. The fourth-order valence-corrected chi connectivity index (χ4v) is 3.33. The first-order chi connectivity index (χ1) is 8.69. The first kappa shape index (κ1) is 11.9. The lowest BCUT2D eigenvalue weighted by Gasteiger charge is -2.38. The van der Waals surface area contributed by atoms with Gasteiger partial charge in [0.1, 0.15) is 0 Å². The summed E-state index contributed by atoms with van der Waals surface area (Å²) in [7, 11) is 0. The average molecular weight is 243 g/mol. The van der Waals surface area contributed by atoms with Crippen molar-refractivity contribution in [1.29, 1.82) is 0 Å². The molecular formula is C16H21NO. The van der Waals surface area contributed by atoms with Crippen LogP contribution in [0.15, 0.2) is 24.3 Å². The molecule has 2 nitrogen and oxygen atoms in total.